The molecule has 0 atom stereocenters. The summed E-state index contributed by atoms with van der Waals surface area (Å²) >= 11 is 15.3. The zero-order chi connectivity index (χ0) is 6.62. The van der Waals surface area contributed by atoms with Crippen LogP contribution in [0.4, 0.5) is 0 Å². The van der Waals surface area contributed by atoms with Crippen LogP contribution in [0.2, 0.25) is 0 Å². The van der Waals surface area contributed by atoms with Crippen molar-refractivity contribution in [1.82, 2.24) is 5.09 Å². The monoisotopic (exact) mass is 195 g/mol. The molecule has 0 aliphatic heterocycles. The minimum atomic E-state index is -3.07. The Morgan fingerprint density at radius 1 is 1.50 bits per heavy atom. The first-order valence-corrected chi connectivity index (χ1v) is 5.92. The van der Waals surface area contributed by atoms with Gasteiger partial charge >= 0.3 is 6.00 Å². The number of rotatable bonds is 3. The predicted octanol–water partition coefficient (Wildman–Crippen LogP) is 2.40. The molecule has 0 bridgehead atoms. The fourth-order valence-corrected chi connectivity index (χ4v) is 1.28. The van der Waals surface area contributed by atoms with E-state index in [0.717, 1.165) is 0 Å². The molecule has 0 saturated carbocycles. The zero-order valence-corrected chi connectivity index (χ0v) is 7.07. The predicted molar refractivity (Wildman–Crippen MR) is 38.0 cm³/mol. The van der Waals surface area contributed by atoms with Crippen molar-refractivity contribution in [2.75, 3.05) is 12.4 Å². The van der Waals surface area contributed by atoms with Gasteiger partial charge in [-0.15, -0.1) is 11.6 Å². The van der Waals surface area contributed by atoms with Crippen molar-refractivity contribution in [3.63, 3.8) is 0 Å². The number of nitrogens with one attached hydrogen (secondary N) is 1. The van der Waals surface area contributed by atoms with Gasteiger partial charge < -0.3 is 0 Å². The number of hydrogen-bond acceptors (Lipinski definition) is 1. The Hall–Kier alpha value is 1.06. The van der Waals surface area contributed by atoms with E-state index in [1.165, 1.54) is 0 Å². The standard InChI is InChI=1S/C2H5Cl3NOP/c3-1-2-6-8(4,5)7/h1-2H2,(H,6,7). The third kappa shape index (κ3) is 7.06. The van der Waals surface area contributed by atoms with Crippen LogP contribution in [-0.2, 0) is 4.57 Å². The van der Waals surface area contributed by atoms with Crippen LogP contribution in [0.5, 0.6) is 0 Å². The lowest BCUT2D eigenvalue weighted by atomic mass is 10.8. The maximum atomic E-state index is 10.3. The number of halogens is 3. The minimum absolute atomic E-state index is 0.351. The summed E-state index contributed by atoms with van der Waals surface area (Å²) in [6.07, 6.45) is 0. The van der Waals surface area contributed by atoms with Gasteiger partial charge in [-0.3, -0.25) is 4.57 Å². The lowest BCUT2D eigenvalue weighted by molar-refractivity contribution is 0.586. The Morgan fingerprint density at radius 3 is 2.12 bits per heavy atom. The zero-order valence-electron chi connectivity index (χ0n) is 3.90. The summed E-state index contributed by atoms with van der Waals surface area (Å²) in [5.74, 6) is -2.72. The van der Waals surface area contributed by atoms with Gasteiger partial charge in [0.25, 0.3) is 0 Å². The van der Waals surface area contributed by atoms with Gasteiger partial charge in [-0.25, -0.2) is 5.09 Å². The lowest BCUT2D eigenvalue weighted by Crippen LogP contribution is -2.06. The van der Waals surface area contributed by atoms with E-state index in [9.17, 15) is 4.57 Å². The van der Waals surface area contributed by atoms with Crippen LogP contribution in [0, 0.1) is 0 Å². The van der Waals surface area contributed by atoms with E-state index in [4.69, 9.17) is 34.1 Å². The summed E-state index contributed by atoms with van der Waals surface area (Å²) in [6, 6.07) is 0. The molecule has 0 amide bonds. The van der Waals surface area contributed by atoms with Gasteiger partial charge in [0.15, 0.2) is 0 Å². The summed E-state index contributed by atoms with van der Waals surface area (Å²) in [5, 5.41) is 2.33. The van der Waals surface area contributed by atoms with Crippen molar-refractivity contribution in [3.05, 3.63) is 0 Å². The van der Waals surface area contributed by atoms with Gasteiger partial charge in [0.05, 0.1) is 0 Å². The van der Waals surface area contributed by atoms with Crippen LogP contribution in [0.3, 0.4) is 0 Å². The van der Waals surface area contributed by atoms with Crippen LogP contribution >= 0.6 is 40.1 Å². The molecule has 0 aliphatic rings. The highest BCUT2D eigenvalue weighted by Gasteiger charge is 2.09. The Balaban J connectivity index is 3.26. The molecule has 0 aromatic rings. The summed E-state index contributed by atoms with van der Waals surface area (Å²) in [5.41, 5.74) is 0. The number of hydrogen-bond donors (Lipinski definition) is 1. The molecule has 1 N–H and O–H groups in total. The quantitative estimate of drug-likeness (QED) is 0.555. The van der Waals surface area contributed by atoms with Crippen LogP contribution < -0.4 is 5.09 Å². The molecule has 50 valence electrons. The Morgan fingerprint density at radius 2 is 2.00 bits per heavy atom. The molecule has 0 aromatic heterocycles. The molecule has 0 rings (SSSR count). The van der Waals surface area contributed by atoms with Gasteiger partial charge in [0, 0.05) is 12.4 Å². The van der Waals surface area contributed by atoms with Gasteiger partial charge in [-0.05, 0) is 22.5 Å². The van der Waals surface area contributed by atoms with Crippen molar-refractivity contribution in [2.24, 2.45) is 0 Å². The van der Waals surface area contributed by atoms with Gasteiger partial charge in [0.1, 0.15) is 0 Å². The van der Waals surface area contributed by atoms with E-state index in [-0.39, 0.29) is 0 Å². The first-order chi connectivity index (χ1) is 3.56. The third-order valence-corrected chi connectivity index (χ3v) is 1.89. The lowest BCUT2D eigenvalue weighted by Gasteiger charge is -1.99. The van der Waals surface area contributed by atoms with Gasteiger partial charge in [-0.2, -0.15) is 0 Å². The summed E-state index contributed by atoms with van der Waals surface area (Å²) < 4.78 is 10.3. The molecule has 0 aromatic carbocycles. The van der Waals surface area contributed by atoms with E-state index in [1.54, 1.807) is 0 Å². The van der Waals surface area contributed by atoms with Crippen molar-refractivity contribution in [1.29, 1.82) is 0 Å². The van der Waals surface area contributed by atoms with Crippen LogP contribution in [0.25, 0.3) is 0 Å². The van der Waals surface area contributed by atoms with Gasteiger partial charge in [0.2, 0.25) is 0 Å². The average Bonchev–Trinajstić information content (AvgIpc) is 1.59. The van der Waals surface area contributed by atoms with Crippen molar-refractivity contribution in [2.45, 2.75) is 0 Å². The molecule has 0 aliphatic carbocycles. The highest BCUT2D eigenvalue weighted by molar-refractivity contribution is 8.07. The maximum Gasteiger partial charge on any atom is 0.319 e. The topological polar surface area (TPSA) is 29.1 Å². The van der Waals surface area contributed by atoms with E-state index in [1.807, 2.05) is 0 Å². The first kappa shape index (κ1) is 9.06. The summed E-state index contributed by atoms with van der Waals surface area (Å²) in [7, 11) is 0. The molecule has 0 spiro atoms. The van der Waals surface area contributed by atoms with E-state index in [2.05, 4.69) is 5.09 Å². The molecule has 0 saturated heterocycles. The Bertz CT molecular complexity index is 101. The van der Waals surface area contributed by atoms with Crippen LogP contribution in [0.15, 0.2) is 0 Å². The fraction of sp³-hybridized carbons (Fsp3) is 1.00. The second-order valence-corrected chi connectivity index (χ2v) is 6.05. The highest BCUT2D eigenvalue weighted by Crippen LogP contribution is 2.51. The van der Waals surface area contributed by atoms with Crippen molar-refractivity contribution >= 4 is 40.1 Å². The molecular formula is C2H5Cl3NOP. The SMILES string of the molecule is O=P(Cl)(Cl)NCCCl. The smallest absolute Gasteiger partial charge is 0.271 e. The largest absolute Gasteiger partial charge is 0.319 e. The van der Waals surface area contributed by atoms with E-state index >= 15 is 0 Å². The minimum Gasteiger partial charge on any atom is -0.271 e. The van der Waals surface area contributed by atoms with E-state index < -0.39 is 6.00 Å². The normalized spacial score (nSPS) is 11.9. The molecule has 0 unspecified atom stereocenters. The van der Waals surface area contributed by atoms with Crippen LogP contribution in [0.1, 0.15) is 0 Å². The van der Waals surface area contributed by atoms with E-state index in [0.29, 0.717) is 12.4 Å². The molecule has 0 heterocycles. The average molecular weight is 196 g/mol. The summed E-state index contributed by atoms with van der Waals surface area (Å²) in [6.45, 7) is 0.367. The summed E-state index contributed by atoms with van der Waals surface area (Å²) in [4.78, 5) is 0. The van der Waals surface area contributed by atoms with Crippen LogP contribution in [-0.4, -0.2) is 12.4 Å². The molecule has 0 fully saturated rings. The molecule has 8 heavy (non-hydrogen) atoms. The molecule has 2 nitrogen and oxygen atoms in total. The fourth-order valence-electron chi connectivity index (χ4n) is 0.172. The Kier molecular flexibility index (Phi) is 4.50. The molecular weight excluding hydrogens is 191 g/mol. The Labute approximate surface area is 62.5 Å². The van der Waals surface area contributed by atoms with Crippen molar-refractivity contribution < 1.29 is 4.57 Å². The first-order valence-electron chi connectivity index (χ1n) is 1.87. The molecule has 6 heteroatoms. The van der Waals surface area contributed by atoms with Crippen molar-refractivity contribution in [3.8, 4) is 0 Å². The second-order valence-electron chi connectivity index (χ2n) is 1.06. The highest BCUT2D eigenvalue weighted by atomic mass is 35.9. The number of alkyl halides is 1. The van der Waals surface area contributed by atoms with Gasteiger partial charge in [-0.1, -0.05) is 0 Å². The maximum absolute atomic E-state index is 10.3. The molecule has 0 radical (unpaired) electrons. The third-order valence-electron chi connectivity index (χ3n) is 0.390. The second kappa shape index (κ2) is 3.97.